The average Bonchev–Trinajstić information content (AvgIpc) is 3.00. The van der Waals surface area contributed by atoms with Crippen molar-refractivity contribution in [3.8, 4) is 11.5 Å². The van der Waals surface area contributed by atoms with Crippen molar-refractivity contribution in [2.75, 3.05) is 45.2 Å². The van der Waals surface area contributed by atoms with Crippen LogP contribution in [-0.2, 0) is 35.5 Å². The number of hydrogen-bond donors (Lipinski definition) is 1. The molecule has 2 unspecified atom stereocenters. The maximum absolute atomic E-state index is 11.4. The van der Waals surface area contributed by atoms with Gasteiger partial charge in [-0.25, -0.2) is 0 Å². The van der Waals surface area contributed by atoms with Gasteiger partial charge in [-0.1, -0.05) is 91.5 Å². The van der Waals surface area contributed by atoms with Crippen LogP contribution in [0.15, 0.2) is 78.9 Å². The number of unbranched alkanes of at least 4 members (excludes halogenated alkanes) is 6. The van der Waals surface area contributed by atoms with E-state index < -0.39 is 13.0 Å². The molecule has 0 spiro atoms. The normalized spacial score (nSPS) is 13.8. The molecule has 3 aromatic carbocycles. The van der Waals surface area contributed by atoms with Crippen LogP contribution in [-0.4, -0.2) is 50.1 Å². The Balaban J connectivity index is 1.57. The summed E-state index contributed by atoms with van der Waals surface area (Å²) in [6.07, 6.45) is 8.87. The molecule has 0 saturated heterocycles. The zero-order valence-corrected chi connectivity index (χ0v) is 27.9. The second kappa shape index (κ2) is 17.9. The predicted molar refractivity (Wildman–Crippen MR) is 180 cm³/mol. The Kier molecular flexibility index (Phi) is 14.7. The molecule has 8 heteroatoms. The quantitative estimate of drug-likeness (QED) is 0.0773. The van der Waals surface area contributed by atoms with Crippen LogP contribution in [0.3, 0.4) is 0 Å². The number of benzene rings is 3. The summed E-state index contributed by atoms with van der Waals surface area (Å²) in [4.78, 5) is 9.39. The molecule has 2 atom stereocenters. The molecule has 0 radical (unpaired) electrons. The Morgan fingerprint density at radius 2 is 1.14 bits per heavy atom. The highest BCUT2D eigenvalue weighted by Gasteiger charge is 2.37. The smallest absolute Gasteiger partial charge is 0.197 e. The maximum atomic E-state index is 11.4. The summed E-state index contributed by atoms with van der Waals surface area (Å²) < 4.78 is 29.2. The maximum Gasteiger partial charge on any atom is 0.197 e. The fourth-order valence-electron chi connectivity index (χ4n) is 5.14. The van der Waals surface area contributed by atoms with Gasteiger partial charge in [-0.05, 0) is 78.1 Å². The Morgan fingerprint density at radius 3 is 1.62 bits per heavy atom. The van der Waals surface area contributed by atoms with E-state index in [0.717, 1.165) is 91.1 Å². The van der Waals surface area contributed by atoms with Crippen LogP contribution in [0.2, 0.25) is 0 Å². The monoisotopic (exact) mass is 630 g/mol. The lowest BCUT2D eigenvalue weighted by Gasteiger charge is -2.36. The molecular weight excluding hydrogens is 583 g/mol. The highest BCUT2D eigenvalue weighted by Crippen LogP contribution is 2.42. The van der Waals surface area contributed by atoms with Gasteiger partial charge >= 0.3 is 0 Å². The summed E-state index contributed by atoms with van der Waals surface area (Å²) in [5, 5.41) is 0. The van der Waals surface area contributed by atoms with Crippen LogP contribution >= 0.6 is 7.37 Å². The first-order chi connectivity index (χ1) is 20.3. The highest BCUT2D eigenvalue weighted by atomic mass is 32.8. The first-order valence-electron chi connectivity index (χ1n) is 14.9. The standard InChI is InChI=1S/C34H47O5PS2/c1-37-32-21-17-30(18-22-32)34(29-15-9-8-10-16-29,31-19-23-33(38-2)24-20-31)39-25-11-4-6-13-27-42(41)28-14-7-5-12-26-40(3,35)36/h8-10,15-24H,4-7,11-14,25-28H2,1-3H3,(H,35,36). The van der Waals surface area contributed by atoms with Gasteiger partial charge in [0.05, 0.1) is 14.2 Å². The first-order valence-corrected chi connectivity index (χ1v) is 19.7. The Bertz CT molecular complexity index is 1200. The lowest BCUT2D eigenvalue weighted by molar-refractivity contribution is 0.0106. The molecule has 0 aliphatic rings. The van der Waals surface area contributed by atoms with Crippen molar-refractivity contribution in [2.24, 2.45) is 0 Å². The van der Waals surface area contributed by atoms with Crippen LogP contribution in [0.1, 0.15) is 68.1 Å². The predicted octanol–water partition coefficient (Wildman–Crippen LogP) is 8.11. The molecule has 0 amide bonds. The summed E-state index contributed by atoms with van der Waals surface area (Å²) in [7, 11) is 0.536. The van der Waals surface area contributed by atoms with E-state index in [1.807, 2.05) is 30.3 Å². The highest BCUT2D eigenvalue weighted by molar-refractivity contribution is 8.28. The average molecular weight is 631 g/mol. The van der Waals surface area contributed by atoms with E-state index in [1.165, 1.54) is 6.66 Å². The number of hydrogen-bond acceptors (Lipinski definition) is 5. The van der Waals surface area contributed by atoms with E-state index in [4.69, 9.17) is 25.4 Å². The third-order valence-corrected chi connectivity index (χ3v) is 11.1. The second-order valence-corrected chi connectivity index (χ2v) is 16.5. The second-order valence-electron chi connectivity index (χ2n) is 10.8. The Labute approximate surface area is 260 Å². The van der Waals surface area contributed by atoms with E-state index in [9.17, 15) is 9.46 Å². The van der Waals surface area contributed by atoms with Crippen LogP contribution in [0, 0.1) is 0 Å². The molecule has 230 valence electrons. The molecule has 0 fully saturated rings. The van der Waals surface area contributed by atoms with Crippen LogP contribution in [0.25, 0.3) is 0 Å². The van der Waals surface area contributed by atoms with Crippen molar-refractivity contribution >= 4 is 28.0 Å². The van der Waals surface area contributed by atoms with Crippen LogP contribution in [0.4, 0.5) is 0 Å². The third kappa shape index (κ3) is 10.9. The fourth-order valence-corrected chi connectivity index (χ4v) is 7.92. The van der Waals surface area contributed by atoms with Crippen molar-refractivity contribution < 1.29 is 23.7 Å². The van der Waals surface area contributed by atoms with Crippen molar-refractivity contribution in [1.82, 2.24) is 0 Å². The van der Waals surface area contributed by atoms with Crippen molar-refractivity contribution in [1.29, 1.82) is 0 Å². The SMILES string of the molecule is COc1ccc(C(OCCCCCCS(=S)CCCCCCP(C)(=O)O)(c2ccccc2)c2ccc(OC)cc2)cc1. The molecule has 0 aliphatic heterocycles. The molecule has 0 aromatic heterocycles. The number of methoxy groups -OCH3 is 2. The van der Waals surface area contributed by atoms with Gasteiger partial charge in [0, 0.05) is 19.4 Å². The van der Waals surface area contributed by atoms with E-state index >= 15 is 0 Å². The molecule has 0 saturated carbocycles. The first kappa shape index (κ1) is 34.5. The van der Waals surface area contributed by atoms with E-state index in [-0.39, 0.29) is 9.45 Å². The van der Waals surface area contributed by atoms with Gasteiger partial charge in [-0.15, -0.1) is 9.45 Å². The van der Waals surface area contributed by atoms with E-state index in [1.54, 1.807) is 14.2 Å². The summed E-state index contributed by atoms with van der Waals surface area (Å²) in [5.41, 5.74) is 2.42. The Morgan fingerprint density at radius 1 is 0.690 bits per heavy atom. The summed E-state index contributed by atoms with van der Waals surface area (Å²) >= 11 is 5.72. The Hall–Kier alpha value is -2.02. The van der Waals surface area contributed by atoms with Gasteiger partial charge in [0.25, 0.3) is 0 Å². The molecule has 1 N–H and O–H groups in total. The van der Waals surface area contributed by atoms with Gasteiger partial charge in [0.2, 0.25) is 0 Å². The van der Waals surface area contributed by atoms with Gasteiger partial charge in [-0.3, -0.25) is 4.57 Å². The number of rotatable bonds is 20. The van der Waals surface area contributed by atoms with Gasteiger partial charge in [-0.2, -0.15) is 0 Å². The van der Waals surface area contributed by atoms with Gasteiger partial charge in [0.1, 0.15) is 17.1 Å². The lowest BCUT2D eigenvalue weighted by Crippen LogP contribution is -2.33. The topological polar surface area (TPSA) is 65.0 Å². The summed E-state index contributed by atoms with van der Waals surface area (Å²) in [6, 6.07) is 26.8. The van der Waals surface area contributed by atoms with E-state index in [2.05, 4.69) is 48.5 Å². The molecule has 3 rings (SSSR count). The van der Waals surface area contributed by atoms with Gasteiger partial charge in [0.15, 0.2) is 7.37 Å². The molecular formula is C34H47O5PS2. The number of ether oxygens (including phenoxy) is 3. The molecule has 0 heterocycles. The third-order valence-electron chi connectivity index (χ3n) is 7.45. The minimum atomic E-state index is -2.86. The van der Waals surface area contributed by atoms with Crippen LogP contribution in [0.5, 0.6) is 11.5 Å². The van der Waals surface area contributed by atoms with Crippen molar-refractivity contribution in [3.05, 3.63) is 95.6 Å². The van der Waals surface area contributed by atoms with Crippen LogP contribution < -0.4 is 9.47 Å². The zero-order chi connectivity index (χ0) is 30.3. The van der Waals surface area contributed by atoms with Crippen molar-refractivity contribution in [3.63, 3.8) is 0 Å². The largest absolute Gasteiger partial charge is 0.497 e. The van der Waals surface area contributed by atoms with Gasteiger partial charge < -0.3 is 19.1 Å². The van der Waals surface area contributed by atoms with Crippen molar-refractivity contribution in [2.45, 2.75) is 57.0 Å². The fraction of sp³-hybridized carbons (Fsp3) is 0.471. The minimum absolute atomic E-state index is 0.0331. The minimum Gasteiger partial charge on any atom is -0.497 e. The lowest BCUT2D eigenvalue weighted by atomic mass is 9.80. The van der Waals surface area contributed by atoms with E-state index in [0.29, 0.717) is 12.8 Å². The zero-order valence-electron chi connectivity index (χ0n) is 25.3. The summed E-state index contributed by atoms with van der Waals surface area (Å²) in [5.74, 6) is 3.81. The molecule has 5 nitrogen and oxygen atoms in total. The molecule has 0 aliphatic carbocycles. The molecule has 42 heavy (non-hydrogen) atoms. The summed E-state index contributed by atoms with van der Waals surface area (Å²) in [6.45, 7) is 2.08. The molecule has 0 bridgehead atoms. The molecule has 3 aromatic rings.